The zero-order valence-corrected chi connectivity index (χ0v) is 13.0. The number of carbonyl (C=O) groups is 1. The first kappa shape index (κ1) is 17.2. The van der Waals surface area contributed by atoms with Gasteiger partial charge in [0.1, 0.15) is 6.61 Å². The summed E-state index contributed by atoms with van der Waals surface area (Å²) in [6.45, 7) is 8.03. The van der Waals surface area contributed by atoms with Gasteiger partial charge in [0.25, 0.3) is 5.91 Å². The molecule has 0 atom stereocenters. The average molecular weight is 289 g/mol. The molecule has 1 aromatic rings. The summed E-state index contributed by atoms with van der Waals surface area (Å²) in [5.74, 6) is 5.43. The van der Waals surface area contributed by atoms with Crippen molar-refractivity contribution in [2.24, 2.45) is 0 Å². The Hall–Kier alpha value is -1.83. The molecule has 1 rings (SSSR count). The Kier molecular flexibility index (Phi) is 7.52. The van der Waals surface area contributed by atoms with E-state index >= 15 is 0 Å². The van der Waals surface area contributed by atoms with Crippen LogP contribution in [0.4, 0.5) is 0 Å². The molecule has 0 aliphatic rings. The molecule has 1 aromatic carbocycles. The smallest absolute Gasteiger partial charge is 0.253 e. The topological polar surface area (TPSA) is 49.8 Å². The van der Waals surface area contributed by atoms with Crippen molar-refractivity contribution < 1.29 is 14.6 Å². The van der Waals surface area contributed by atoms with Crippen LogP contribution in [0.1, 0.15) is 35.3 Å². The Balaban J connectivity index is 2.91. The van der Waals surface area contributed by atoms with Gasteiger partial charge in [-0.05, 0) is 44.5 Å². The van der Waals surface area contributed by atoms with E-state index in [1.807, 2.05) is 32.9 Å². The van der Waals surface area contributed by atoms with Gasteiger partial charge in [-0.2, -0.15) is 0 Å². The SMILES string of the molecule is CCOCCN(CC)C(=O)c1cc(C)cc(C#CCO)c1. The van der Waals surface area contributed by atoms with Crippen LogP contribution < -0.4 is 0 Å². The lowest BCUT2D eigenvalue weighted by atomic mass is 10.1. The number of carbonyl (C=O) groups excluding carboxylic acids is 1. The van der Waals surface area contributed by atoms with Crippen LogP contribution in [0.5, 0.6) is 0 Å². The van der Waals surface area contributed by atoms with Gasteiger partial charge in [-0.1, -0.05) is 11.8 Å². The number of hydrogen-bond donors (Lipinski definition) is 1. The van der Waals surface area contributed by atoms with Crippen LogP contribution in [-0.2, 0) is 4.74 Å². The van der Waals surface area contributed by atoms with E-state index in [1.165, 1.54) is 0 Å². The van der Waals surface area contributed by atoms with Crippen LogP contribution in [-0.4, -0.2) is 48.8 Å². The number of aliphatic hydroxyl groups excluding tert-OH is 1. The Bertz CT molecular complexity index is 529. The average Bonchev–Trinajstić information content (AvgIpc) is 2.48. The monoisotopic (exact) mass is 289 g/mol. The molecule has 0 spiro atoms. The molecule has 1 N–H and O–H groups in total. The Labute approximate surface area is 126 Å². The number of amides is 1. The molecule has 114 valence electrons. The minimum atomic E-state index is -0.188. The highest BCUT2D eigenvalue weighted by Gasteiger charge is 2.14. The molecule has 0 aliphatic heterocycles. The number of benzene rings is 1. The van der Waals surface area contributed by atoms with Crippen molar-refractivity contribution >= 4 is 5.91 Å². The second-order valence-electron chi connectivity index (χ2n) is 4.63. The minimum absolute atomic E-state index is 0.0204. The molecule has 0 unspecified atom stereocenters. The fourth-order valence-corrected chi connectivity index (χ4v) is 2.03. The maximum absolute atomic E-state index is 12.5. The molecule has 4 nitrogen and oxygen atoms in total. The normalized spacial score (nSPS) is 9.90. The zero-order chi connectivity index (χ0) is 15.7. The van der Waals surface area contributed by atoms with E-state index in [-0.39, 0.29) is 12.5 Å². The van der Waals surface area contributed by atoms with Gasteiger partial charge in [0.05, 0.1) is 6.61 Å². The third kappa shape index (κ3) is 5.58. The second kappa shape index (κ2) is 9.17. The number of likely N-dealkylation sites (N-methyl/N-ethyl adjacent to an activating group) is 1. The number of nitrogens with zero attached hydrogens (tertiary/aromatic N) is 1. The quantitative estimate of drug-likeness (QED) is 0.642. The minimum Gasteiger partial charge on any atom is -0.384 e. The summed E-state index contributed by atoms with van der Waals surface area (Å²) in [5, 5.41) is 8.76. The maximum atomic E-state index is 12.5. The predicted molar refractivity (Wildman–Crippen MR) is 83.2 cm³/mol. The molecular formula is C17H23NO3. The molecule has 0 aliphatic carbocycles. The van der Waals surface area contributed by atoms with Crippen LogP contribution >= 0.6 is 0 Å². The van der Waals surface area contributed by atoms with Gasteiger partial charge < -0.3 is 14.7 Å². The van der Waals surface area contributed by atoms with E-state index in [0.29, 0.717) is 31.9 Å². The number of aliphatic hydroxyl groups is 1. The fraction of sp³-hybridized carbons (Fsp3) is 0.471. The summed E-state index contributed by atoms with van der Waals surface area (Å²) in [5.41, 5.74) is 2.34. The molecule has 0 heterocycles. The van der Waals surface area contributed by atoms with Gasteiger partial charge in [0.2, 0.25) is 0 Å². The highest BCUT2D eigenvalue weighted by atomic mass is 16.5. The molecule has 0 radical (unpaired) electrons. The van der Waals surface area contributed by atoms with Gasteiger partial charge in [0.15, 0.2) is 0 Å². The van der Waals surface area contributed by atoms with E-state index < -0.39 is 0 Å². The van der Waals surface area contributed by atoms with Gasteiger partial charge >= 0.3 is 0 Å². The lowest BCUT2D eigenvalue weighted by Crippen LogP contribution is -2.34. The highest BCUT2D eigenvalue weighted by molar-refractivity contribution is 5.94. The Morgan fingerprint density at radius 1 is 1.33 bits per heavy atom. The van der Waals surface area contributed by atoms with Crippen molar-refractivity contribution in [3.63, 3.8) is 0 Å². The first-order chi connectivity index (χ1) is 10.1. The van der Waals surface area contributed by atoms with Crippen molar-refractivity contribution in [1.82, 2.24) is 4.90 Å². The maximum Gasteiger partial charge on any atom is 0.253 e. The van der Waals surface area contributed by atoms with Gasteiger partial charge in [-0.15, -0.1) is 0 Å². The molecule has 0 saturated carbocycles. The number of hydrogen-bond acceptors (Lipinski definition) is 3. The summed E-state index contributed by atoms with van der Waals surface area (Å²) in [6.07, 6.45) is 0. The summed E-state index contributed by atoms with van der Waals surface area (Å²) in [6, 6.07) is 5.52. The van der Waals surface area contributed by atoms with Crippen LogP contribution in [0.2, 0.25) is 0 Å². The molecule has 4 heteroatoms. The molecular weight excluding hydrogens is 266 g/mol. The van der Waals surface area contributed by atoms with Gasteiger partial charge in [-0.25, -0.2) is 0 Å². The third-order valence-corrected chi connectivity index (χ3v) is 3.01. The van der Waals surface area contributed by atoms with E-state index in [1.54, 1.807) is 11.0 Å². The summed E-state index contributed by atoms with van der Waals surface area (Å²) >= 11 is 0. The molecule has 0 bridgehead atoms. The molecule has 0 fully saturated rings. The van der Waals surface area contributed by atoms with Crippen LogP contribution in [0.25, 0.3) is 0 Å². The number of rotatable bonds is 6. The van der Waals surface area contributed by atoms with Crippen LogP contribution in [0.3, 0.4) is 0 Å². The molecule has 1 amide bonds. The van der Waals surface area contributed by atoms with Crippen LogP contribution in [0.15, 0.2) is 18.2 Å². The third-order valence-electron chi connectivity index (χ3n) is 3.01. The Morgan fingerprint density at radius 2 is 2.10 bits per heavy atom. The molecule has 0 saturated heterocycles. The second-order valence-corrected chi connectivity index (χ2v) is 4.63. The highest BCUT2D eigenvalue weighted by Crippen LogP contribution is 2.12. The molecule has 0 aromatic heterocycles. The van der Waals surface area contributed by atoms with E-state index in [2.05, 4.69) is 11.8 Å². The van der Waals surface area contributed by atoms with E-state index in [4.69, 9.17) is 9.84 Å². The van der Waals surface area contributed by atoms with Crippen molar-refractivity contribution in [3.8, 4) is 11.8 Å². The van der Waals surface area contributed by atoms with Crippen LogP contribution in [0, 0.1) is 18.8 Å². The van der Waals surface area contributed by atoms with E-state index in [0.717, 1.165) is 11.1 Å². The lowest BCUT2D eigenvalue weighted by molar-refractivity contribution is 0.0669. The fourth-order valence-electron chi connectivity index (χ4n) is 2.03. The standard InChI is InChI=1S/C17H23NO3/c1-4-18(8-10-21-5-2)17(20)16-12-14(3)11-15(13-16)7-6-9-19/h11-13,19H,4-5,8-10H2,1-3H3. The van der Waals surface area contributed by atoms with Crippen molar-refractivity contribution in [1.29, 1.82) is 0 Å². The predicted octanol–water partition coefficient (Wildman–Crippen LogP) is 1.84. The van der Waals surface area contributed by atoms with E-state index in [9.17, 15) is 4.79 Å². The van der Waals surface area contributed by atoms with Gasteiger partial charge in [-0.3, -0.25) is 4.79 Å². The molecule has 21 heavy (non-hydrogen) atoms. The number of ether oxygens (including phenoxy) is 1. The van der Waals surface area contributed by atoms with Crippen molar-refractivity contribution in [2.45, 2.75) is 20.8 Å². The lowest BCUT2D eigenvalue weighted by Gasteiger charge is -2.21. The largest absolute Gasteiger partial charge is 0.384 e. The number of aryl methyl sites for hydroxylation is 1. The van der Waals surface area contributed by atoms with Gasteiger partial charge in [0, 0.05) is 30.8 Å². The Morgan fingerprint density at radius 3 is 2.71 bits per heavy atom. The van der Waals surface area contributed by atoms with Crippen molar-refractivity contribution in [2.75, 3.05) is 32.9 Å². The zero-order valence-electron chi connectivity index (χ0n) is 13.0. The first-order valence-corrected chi connectivity index (χ1v) is 7.20. The first-order valence-electron chi connectivity index (χ1n) is 7.20. The summed E-state index contributed by atoms with van der Waals surface area (Å²) < 4.78 is 5.31. The summed E-state index contributed by atoms with van der Waals surface area (Å²) in [4.78, 5) is 14.3. The summed E-state index contributed by atoms with van der Waals surface area (Å²) in [7, 11) is 0. The van der Waals surface area contributed by atoms with Crippen molar-refractivity contribution in [3.05, 3.63) is 34.9 Å².